The van der Waals surface area contributed by atoms with Gasteiger partial charge in [0, 0.05) is 25.7 Å². The van der Waals surface area contributed by atoms with E-state index in [4.69, 9.17) is 14.2 Å². The summed E-state index contributed by atoms with van der Waals surface area (Å²) in [4.78, 5) is 12.1. The summed E-state index contributed by atoms with van der Waals surface area (Å²) in [5.74, 6) is 0.813. The van der Waals surface area contributed by atoms with Crippen LogP contribution in [0, 0.1) is 11.8 Å². The molecule has 0 aromatic rings. The van der Waals surface area contributed by atoms with Crippen LogP contribution in [0.3, 0.4) is 0 Å². The zero-order valence-electron chi connectivity index (χ0n) is 15.2. The van der Waals surface area contributed by atoms with Crippen molar-refractivity contribution in [2.24, 2.45) is 11.8 Å². The quantitative estimate of drug-likeness (QED) is 0.780. The molecule has 1 aliphatic heterocycles. The average molecular weight is 328 g/mol. The number of ether oxygens (including phenoxy) is 3. The molecular formula is C17H32N2O4. The van der Waals surface area contributed by atoms with Gasteiger partial charge < -0.3 is 24.8 Å². The Hall–Kier alpha value is -0.850. The molecule has 2 rings (SSSR count). The number of hydrogen-bond acceptors (Lipinski definition) is 5. The highest BCUT2D eigenvalue weighted by Crippen LogP contribution is 2.39. The van der Waals surface area contributed by atoms with E-state index >= 15 is 0 Å². The van der Waals surface area contributed by atoms with Crippen molar-refractivity contribution in [1.29, 1.82) is 0 Å². The predicted octanol–water partition coefficient (Wildman–Crippen LogP) is 1.93. The maximum absolute atomic E-state index is 12.1. The van der Waals surface area contributed by atoms with Crippen LogP contribution in [0.2, 0.25) is 0 Å². The first-order valence-electron chi connectivity index (χ1n) is 8.59. The normalized spacial score (nSPS) is 31.4. The first-order chi connectivity index (χ1) is 10.7. The maximum Gasteiger partial charge on any atom is 0.407 e. The number of hydrogen-bond donors (Lipinski definition) is 2. The molecule has 0 aromatic heterocycles. The smallest absolute Gasteiger partial charge is 0.407 e. The molecule has 2 fully saturated rings. The van der Waals surface area contributed by atoms with Crippen LogP contribution in [0.1, 0.15) is 41.0 Å². The number of nitrogens with one attached hydrogen (secondary N) is 2. The topological polar surface area (TPSA) is 68.8 Å². The number of alkyl carbamates (subject to hydrolysis) is 1. The lowest BCUT2D eigenvalue weighted by Gasteiger charge is -2.49. The van der Waals surface area contributed by atoms with E-state index in [1.54, 1.807) is 7.11 Å². The summed E-state index contributed by atoms with van der Waals surface area (Å²) in [5.41, 5.74) is -0.487. The molecule has 1 saturated heterocycles. The van der Waals surface area contributed by atoms with Gasteiger partial charge in [-0.15, -0.1) is 0 Å². The number of carbonyl (C=O) groups excluding carboxylic acids is 1. The van der Waals surface area contributed by atoms with Gasteiger partial charge in [0.1, 0.15) is 5.60 Å². The minimum Gasteiger partial charge on any atom is -0.444 e. The van der Waals surface area contributed by atoms with Crippen LogP contribution in [0.4, 0.5) is 4.79 Å². The fourth-order valence-corrected chi connectivity index (χ4v) is 3.41. The van der Waals surface area contributed by atoms with E-state index in [9.17, 15) is 4.79 Å². The van der Waals surface area contributed by atoms with E-state index in [1.807, 2.05) is 20.8 Å². The minimum atomic E-state index is -0.487. The van der Waals surface area contributed by atoms with Gasteiger partial charge in [-0.25, -0.2) is 4.79 Å². The van der Waals surface area contributed by atoms with Crippen LogP contribution in [0.5, 0.6) is 0 Å². The minimum absolute atomic E-state index is 0.0513. The molecule has 0 radical (unpaired) electrons. The van der Waals surface area contributed by atoms with Gasteiger partial charge in [0.25, 0.3) is 0 Å². The molecule has 5 atom stereocenters. The second-order valence-electron chi connectivity index (χ2n) is 7.96. The highest BCUT2D eigenvalue weighted by atomic mass is 16.6. The van der Waals surface area contributed by atoms with Gasteiger partial charge in [0.15, 0.2) is 0 Å². The number of amides is 1. The van der Waals surface area contributed by atoms with Gasteiger partial charge in [-0.3, -0.25) is 0 Å². The molecule has 0 bridgehead atoms. The van der Waals surface area contributed by atoms with Crippen molar-refractivity contribution in [2.45, 2.75) is 70.9 Å². The maximum atomic E-state index is 12.1. The van der Waals surface area contributed by atoms with Gasteiger partial charge in [-0.1, -0.05) is 13.8 Å². The first kappa shape index (κ1) is 18.5. The number of rotatable bonds is 6. The highest BCUT2D eigenvalue weighted by molar-refractivity contribution is 5.68. The lowest BCUT2D eigenvalue weighted by Crippen LogP contribution is -2.72. The summed E-state index contributed by atoms with van der Waals surface area (Å²) in [6.45, 7) is 11.4. The molecule has 134 valence electrons. The Labute approximate surface area is 139 Å². The Bertz CT molecular complexity index is 408. The average Bonchev–Trinajstić information content (AvgIpc) is 2.83. The fourth-order valence-electron chi connectivity index (χ4n) is 3.41. The highest BCUT2D eigenvalue weighted by Gasteiger charge is 2.55. The number of methoxy groups -OCH3 is 1. The molecule has 1 saturated carbocycles. The Morgan fingerprint density at radius 2 is 2.00 bits per heavy atom. The van der Waals surface area contributed by atoms with E-state index in [2.05, 4.69) is 24.5 Å². The summed E-state index contributed by atoms with van der Waals surface area (Å²) >= 11 is 0. The van der Waals surface area contributed by atoms with Crippen molar-refractivity contribution in [3.8, 4) is 0 Å². The second kappa shape index (κ2) is 7.36. The Morgan fingerprint density at radius 1 is 1.30 bits per heavy atom. The van der Waals surface area contributed by atoms with Gasteiger partial charge in [-0.05, 0) is 33.1 Å². The van der Waals surface area contributed by atoms with Gasteiger partial charge >= 0.3 is 6.09 Å². The molecule has 1 aliphatic carbocycles. The Balaban J connectivity index is 1.97. The van der Waals surface area contributed by atoms with Gasteiger partial charge in [0.05, 0.1) is 24.8 Å². The van der Waals surface area contributed by atoms with Crippen molar-refractivity contribution in [3.63, 3.8) is 0 Å². The molecule has 0 aromatic carbocycles. The van der Waals surface area contributed by atoms with Crippen LogP contribution in [0.15, 0.2) is 0 Å². The van der Waals surface area contributed by atoms with E-state index < -0.39 is 5.60 Å². The molecule has 23 heavy (non-hydrogen) atoms. The zero-order valence-corrected chi connectivity index (χ0v) is 15.2. The van der Waals surface area contributed by atoms with Crippen LogP contribution >= 0.6 is 0 Å². The SMILES string of the molecule is COCC(NC1C(NC(=O)OC(C)(C)C)C2CCOC21)C(C)C. The van der Waals surface area contributed by atoms with Crippen LogP contribution in [0.25, 0.3) is 0 Å². The predicted molar refractivity (Wildman–Crippen MR) is 88.4 cm³/mol. The van der Waals surface area contributed by atoms with E-state index in [0.717, 1.165) is 13.0 Å². The standard InChI is InChI=1S/C17H32N2O4/c1-10(2)12(9-21-6)18-14-13(11-7-8-22-15(11)14)19-16(20)23-17(3,4)5/h10-15,18H,7-9H2,1-6H3,(H,19,20). The van der Waals surface area contributed by atoms with Crippen LogP contribution in [-0.4, -0.2) is 56.2 Å². The summed E-state index contributed by atoms with van der Waals surface area (Å²) in [6, 6.07) is 0.395. The zero-order chi connectivity index (χ0) is 17.2. The summed E-state index contributed by atoms with van der Waals surface area (Å²) in [6.07, 6.45) is 0.806. The number of fused-ring (bicyclic) bond motifs is 1. The summed E-state index contributed by atoms with van der Waals surface area (Å²) < 4.78 is 16.6. The molecule has 6 heteroatoms. The van der Waals surface area contributed by atoms with Crippen LogP contribution < -0.4 is 10.6 Å². The molecular weight excluding hydrogens is 296 g/mol. The first-order valence-corrected chi connectivity index (χ1v) is 8.59. The third-order valence-corrected chi connectivity index (χ3v) is 4.63. The Kier molecular flexibility index (Phi) is 5.92. The van der Waals surface area contributed by atoms with Crippen molar-refractivity contribution >= 4 is 6.09 Å². The molecule has 6 nitrogen and oxygen atoms in total. The molecule has 1 heterocycles. The molecule has 1 amide bonds. The molecule has 0 spiro atoms. The fraction of sp³-hybridized carbons (Fsp3) is 0.941. The summed E-state index contributed by atoms with van der Waals surface area (Å²) in [5, 5.41) is 6.66. The van der Waals surface area contributed by atoms with E-state index in [1.165, 1.54) is 0 Å². The number of carbonyl (C=O) groups is 1. The van der Waals surface area contributed by atoms with Crippen molar-refractivity contribution in [1.82, 2.24) is 10.6 Å². The third kappa shape index (κ3) is 4.58. The van der Waals surface area contributed by atoms with Gasteiger partial charge in [-0.2, -0.15) is 0 Å². The van der Waals surface area contributed by atoms with Gasteiger partial charge in [0.2, 0.25) is 0 Å². The summed E-state index contributed by atoms with van der Waals surface area (Å²) in [7, 11) is 1.71. The lowest BCUT2D eigenvalue weighted by molar-refractivity contribution is -0.0431. The third-order valence-electron chi connectivity index (χ3n) is 4.63. The molecule has 2 aliphatic rings. The van der Waals surface area contributed by atoms with Crippen LogP contribution in [-0.2, 0) is 14.2 Å². The monoisotopic (exact) mass is 328 g/mol. The Morgan fingerprint density at radius 3 is 2.57 bits per heavy atom. The second-order valence-corrected chi connectivity index (χ2v) is 7.96. The molecule has 2 N–H and O–H groups in total. The van der Waals surface area contributed by atoms with E-state index in [0.29, 0.717) is 18.4 Å². The lowest BCUT2D eigenvalue weighted by atomic mass is 9.71. The van der Waals surface area contributed by atoms with Crippen molar-refractivity contribution in [2.75, 3.05) is 20.3 Å². The van der Waals surface area contributed by atoms with E-state index in [-0.39, 0.29) is 30.3 Å². The van der Waals surface area contributed by atoms with Crippen molar-refractivity contribution in [3.05, 3.63) is 0 Å². The van der Waals surface area contributed by atoms with Crippen molar-refractivity contribution < 1.29 is 19.0 Å². The largest absolute Gasteiger partial charge is 0.444 e. The molecule has 5 unspecified atom stereocenters.